The molecule has 11 heavy (non-hydrogen) atoms. The Morgan fingerprint density at radius 2 is 2.09 bits per heavy atom. The second-order valence-electron chi connectivity index (χ2n) is 1.92. The maximum atomic E-state index is 12.5. The zero-order valence-corrected chi connectivity index (χ0v) is 6.93. The fourth-order valence-electron chi connectivity index (χ4n) is 0.595. The van der Waals surface area contributed by atoms with Gasteiger partial charge in [0.25, 0.3) is 5.43 Å². The van der Waals surface area contributed by atoms with Gasteiger partial charge in [-0.3, -0.25) is 4.79 Å². The largest absolute Gasteiger partial charge is 0.504 e. The van der Waals surface area contributed by atoms with Gasteiger partial charge < -0.3 is 5.11 Å². The van der Waals surface area contributed by atoms with Gasteiger partial charge in [0.05, 0.1) is 0 Å². The summed E-state index contributed by atoms with van der Waals surface area (Å²) in [7, 11) is 0. The summed E-state index contributed by atoms with van der Waals surface area (Å²) < 4.78 is 13.0. The maximum absolute atomic E-state index is 12.5. The topological polar surface area (TPSA) is 37.3 Å². The van der Waals surface area contributed by atoms with Crippen molar-refractivity contribution in [1.29, 1.82) is 0 Å². The van der Waals surface area contributed by atoms with Crippen LogP contribution in [0.3, 0.4) is 0 Å². The van der Waals surface area contributed by atoms with Crippen LogP contribution in [0.15, 0.2) is 27.5 Å². The van der Waals surface area contributed by atoms with Crippen molar-refractivity contribution < 1.29 is 9.50 Å². The zero-order valence-electron chi connectivity index (χ0n) is 5.34. The van der Waals surface area contributed by atoms with Crippen LogP contribution < -0.4 is 5.43 Å². The van der Waals surface area contributed by atoms with Crippen molar-refractivity contribution in [2.24, 2.45) is 0 Å². The third-order valence-electron chi connectivity index (χ3n) is 1.11. The van der Waals surface area contributed by atoms with E-state index in [-0.39, 0.29) is 0 Å². The van der Waals surface area contributed by atoms with E-state index < -0.39 is 17.0 Å². The van der Waals surface area contributed by atoms with Gasteiger partial charge in [-0.2, -0.15) is 0 Å². The molecule has 58 valence electrons. The third-order valence-corrected chi connectivity index (χ3v) is 1.61. The highest BCUT2D eigenvalue weighted by molar-refractivity contribution is 9.10. The van der Waals surface area contributed by atoms with Gasteiger partial charge in [0, 0.05) is 4.47 Å². The van der Waals surface area contributed by atoms with E-state index in [0.29, 0.717) is 4.47 Å². The Morgan fingerprint density at radius 1 is 1.45 bits per heavy atom. The van der Waals surface area contributed by atoms with Gasteiger partial charge in [-0.1, -0.05) is 15.9 Å². The molecule has 0 amide bonds. The highest BCUT2D eigenvalue weighted by Crippen LogP contribution is 2.11. The Hall–Kier alpha value is -0.900. The summed E-state index contributed by atoms with van der Waals surface area (Å²) in [6.07, 6.45) is 0. The summed E-state index contributed by atoms with van der Waals surface area (Å²) in [5.74, 6) is -1.56. The van der Waals surface area contributed by atoms with Crippen LogP contribution in [0, 0.1) is 5.82 Å². The molecule has 0 aromatic heterocycles. The molecule has 4 heteroatoms. The molecule has 0 saturated carbocycles. The lowest BCUT2D eigenvalue weighted by Gasteiger charge is -1.80. The number of halogens is 2. The average Bonchev–Trinajstić information content (AvgIpc) is 2.05. The summed E-state index contributed by atoms with van der Waals surface area (Å²) in [5, 5.41) is 8.86. The van der Waals surface area contributed by atoms with Crippen LogP contribution in [-0.4, -0.2) is 5.11 Å². The highest BCUT2D eigenvalue weighted by atomic mass is 79.9. The fourth-order valence-corrected chi connectivity index (χ4v) is 0.944. The number of rotatable bonds is 0. The average molecular weight is 219 g/mol. The Labute approximate surface area is 70.4 Å². The second kappa shape index (κ2) is 3.00. The molecular weight excluding hydrogens is 215 g/mol. The molecule has 0 heterocycles. The molecule has 0 radical (unpaired) electrons. The third kappa shape index (κ3) is 1.77. The lowest BCUT2D eigenvalue weighted by atomic mass is 10.4. The molecule has 1 aromatic carbocycles. The lowest BCUT2D eigenvalue weighted by Crippen LogP contribution is -2.00. The van der Waals surface area contributed by atoms with Crippen molar-refractivity contribution >= 4 is 15.9 Å². The standard InChI is InChI=1S/C7H4BrFO2/c8-4-1-2-5(9)7(11)6(10)3-4/h1-3H,(H,10,11). The Balaban J connectivity index is 3.57. The molecule has 0 atom stereocenters. The monoisotopic (exact) mass is 218 g/mol. The van der Waals surface area contributed by atoms with Crippen molar-refractivity contribution in [2.75, 3.05) is 0 Å². The molecule has 1 rings (SSSR count). The van der Waals surface area contributed by atoms with Crippen LogP contribution in [0.4, 0.5) is 4.39 Å². The minimum atomic E-state index is -0.990. The first-order chi connectivity index (χ1) is 5.11. The summed E-state index contributed by atoms with van der Waals surface area (Å²) in [5.41, 5.74) is -0.990. The van der Waals surface area contributed by atoms with Crippen LogP contribution in [0.5, 0.6) is 5.75 Å². The molecule has 0 aliphatic rings. The van der Waals surface area contributed by atoms with E-state index in [9.17, 15) is 9.18 Å². The molecule has 0 spiro atoms. The lowest BCUT2D eigenvalue weighted by molar-refractivity contribution is 0.464. The van der Waals surface area contributed by atoms with Crippen LogP contribution in [0.25, 0.3) is 0 Å². The van der Waals surface area contributed by atoms with E-state index in [1.165, 1.54) is 6.07 Å². The fraction of sp³-hybridized carbons (Fsp3) is 0. The van der Waals surface area contributed by atoms with Crippen LogP contribution in [0.2, 0.25) is 0 Å². The van der Waals surface area contributed by atoms with Gasteiger partial charge in [0.15, 0.2) is 11.6 Å². The van der Waals surface area contributed by atoms with Gasteiger partial charge in [-0.15, -0.1) is 0 Å². The van der Waals surface area contributed by atoms with E-state index >= 15 is 0 Å². The minimum absolute atomic E-state index is 0.455. The van der Waals surface area contributed by atoms with Gasteiger partial charge in [0.2, 0.25) is 0 Å². The van der Waals surface area contributed by atoms with Crippen LogP contribution >= 0.6 is 15.9 Å². The normalized spacial score (nSPS) is 9.64. The van der Waals surface area contributed by atoms with Gasteiger partial charge >= 0.3 is 0 Å². The molecule has 0 saturated heterocycles. The van der Waals surface area contributed by atoms with Crippen LogP contribution in [-0.2, 0) is 0 Å². The van der Waals surface area contributed by atoms with Crippen molar-refractivity contribution in [3.8, 4) is 5.75 Å². The van der Waals surface area contributed by atoms with Crippen molar-refractivity contribution in [3.63, 3.8) is 0 Å². The van der Waals surface area contributed by atoms with E-state index in [1.54, 1.807) is 0 Å². The summed E-state index contributed by atoms with van der Waals surface area (Å²) in [4.78, 5) is 10.7. The molecule has 1 aromatic rings. The highest BCUT2D eigenvalue weighted by Gasteiger charge is 2.00. The van der Waals surface area contributed by atoms with E-state index in [0.717, 1.165) is 12.1 Å². The number of hydrogen-bond acceptors (Lipinski definition) is 2. The van der Waals surface area contributed by atoms with E-state index in [2.05, 4.69) is 15.9 Å². The SMILES string of the molecule is O=c1c(O)cc(Br)ccc1F. The van der Waals surface area contributed by atoms with Crippen molar-refractivity contribution in [2.45, 2.75) is 0 Å². The number of aromatic hydroxyl groups is 1. The molecule has 0 aliphatic carbocycles. The summed E-state index contributed by atoms with van der Waals surface area (Å²) >= 11 is 2.99. The predicted molar refractivity (Wildman–Crippen MR) is 42.0 cm³/mol. The Bertz CT molecular complexity index is 338. The Kier molecular flexibility index (Phi) is 2.24. The quantitative estimate of drug-likeness (QED) is 0.720. The predicted octanol–water partition coefficient (Wildman–Crippen LogP) is 1.65. The zero-order chi connectivity index (χ0) is 8.43. The van der Waals surface area contributed by atoms with Crippen molar-refractivity contribution in [3.05, 3.63) is 38.7 Å². The molecular formula is C7H4BrFO2. The molecule has 0 aliphatic heterocycles. The molecule has 0 unspecified atom stereocenters. The Morgan fingerprint density at radius 3 is 2.73 bits per heavy atom. The first-order valence-corrected chi connectivity index (χ1v) is 3.59. The van der Waals surface area contributed by atoms with Gasteiger partial charge in [-0.25, -0.2) is 4.39 Å². The molecule has 0 fully saturated rings. The smallest absolute Gasteiger partial charge is 0.255 e. The maximum Gasteiger partial charge on any atom is 0.255 e. The molecule has 1 N–H and O–H groups in total. The summed E-state index contributed by atoms with van der Waals surface area (Å²) in [6, 6.07) is 3.48. The molecule has 2 nitrogen and oxygen atoms in total. The first-order valence-electron chi connectivity index (χ1n) is 2.79. The van der Waals surface area contributed by atoms with E-state index in [1.807, 2.05) is 0 Å². The minimum Gasteiger partial charge on any atom is -0.504 e. The van der Waals surface area contributed by atoms with Crippen LogP contribution in [0.1, 0.15) is 0 Å². The first kappa shape index (κ1) is 8.20. The van der Waals surface area contributed by atoms with E-state index in [4.69, 9.17) is 5.11 Å². The molecule has 0 bridgehead atoms. The van der Waals surface area contributed by atoms with Gasteiger partial charge in [0.1, 0.15) is 0 Å². The van der Waals surface area contributed by atoms with Crippen molar-refractivity contribution in [1.82, 2.24) is 0 Å². The number of hydrogen-bond donors (Lipinski definition) is 1. The van der Waals surface area contributed by atoms with Gasteiger partial charge in [-0.05, 0) is 18.2 Å². The second-order valence-corrected chi connectivity index (χ2v) is 2.84. The summed E-state index contributed by atoms with van der Waals surface area (Å²) in [6.45, 7) is 0.